The topological polar surface area (TPSA) is 58.6 Å². The Labute approximate surface area is 160 Å². The van der Waals surface area contributed by atoms with Crippen LogP contribution in [0.3, 0.4) is 0 Å². The molecule has 27 heavy (non-hydrogen) atoms. The second-order valence-corrected chi connectivity index (χ2v) is 6.97. The Morgan fingerprint density at radius 2 is 1.93 bits per heavy atom. The lowest BCUT2D eigenvalue weighted by atomic mass is 10.1. The quantitative estimate of drug-likeness (QED) is 0.838. The minimum absolute atomic E-state index is 0.0285. The molecule has 1 aliphatic rings. The van der Waals surface area contributed by atoms with E-state index in [1.54, 1.807) is 17.9 Å². The van der Waals surface area contributed by atoms with Crippen LogP contribution in [0.25, 0.3) is 0 Å². The third-order valence-corrected chi connectivity index (χ3v) is 4.66. The number of rotatable bonds is 6. The van der Waals surface area contributed by atoms with E-state index in [0.717, 1.165) is 17.7 Å². The zero-order chi connectivity index (χ0) is 19.4. The number of ether oxygens (including phenoxy) is 1. The first-order valence-corrected chi connectivity index (χ1v) is 9.45. The monoisotopic (exact) mass is 366 g/mol. The van der Waals surface area contributed by atoms with Gasteiger partial charge in [0.15, 0.2) is 6.10 Å². The highest BCUT2D eigenvalue weighted by Gasteiger charge is 2.31. The molecular formula is C22H26N2O3. The second kappa shape index (κ2) is 8.25. The molecule has 5 heteroatoms. The van der Waals surface area contributed by atoms with Crippen molar-refractivity contribution in [2.75, 3.05) is 16.8 Å². The van der Waals surface area contributed by atoms with Gasteiger partial charge in [-0.25, -0.2) is 0 Å². The highest BCUT2D eigenvalue weighted by atomic mass is 16.5. The van der Waals surface area contributed by atoms with Crippen molar-refractivity contribution in [1.82, 2.24) is 0 Å². The van der Waals surface area contributed by atoms with Gasteiger partial charge in [-0.3, -0.25) is 9.59 Å². The predicted molar refractivity (Wildman–Crippen MR) is 107 cm³/mol. The van der Waals surface area contributed by atoms with Crippen LogP contribution < -0.4 is 15.0 Å². The maximum atomic E-state index is 12.3. The van der Waals surface area contributed by atoms with Crippen LogP contribution in [0.2, 0.25) is 0 Å². The number of benzene rings is 2. The number of amides is 2. The van der Waals surface area contributed by atoms with Crippen molar-refractivity contribution in [1.29, 1.82) is 0 Å². The molecule has 0 saturated carbocycles. The van der Waals surface area contributed by atoms with Crippen LogP contribution in [0.4, 0.5) is 11.4 Å². The molecular weight excluding hydrogens is 340 g/mol. The molecule has 0 saturated heterocycles. The Kier molecular flexibility index (Phi) is 5.79. The van der Waals surface area contributed by atoms with E-state index in [0.29, 0.717) is 30.8 Å². The van der Waals surface area contributed by atoms with E-state index in [1.165, 1.54) is 5.56 Å². The van der Waals surface area contributed by atoms with Crippen LogP contribution in [-0.4, -0.2) is 24.5 Å². The van der Waals surface area contributed by atoms with Gasteiger partial charge in [-0.15, -0.1) is 0 Å². The molecule has 0 fully saturated rings. The zero-order valence-corrected chi connectivity index (χ0v) is 16.1. The molecule has 1 heterocycles. The molecule has 0 aromatic heterocycles. The first-order valence-electron chi connectivity index (χ1n) is 9.45. The Hall–Kier alpha value is -2.82. The van der Waals surface area contributed by atoms with Crippen LogP contribution >= 0.6 is 0 Å². The number of carbonyl (C=O) groups is 2. The van der Waals surface area contributed by atoms with E-state index in [-0.39, 0.29) is 11.8 Å². The number of carbonyl (C=O) groups excluding carboxylic acids is 2. The average Bonchev–Trinajstić information content (AvgIpc) is 2.65. The fraction of sp³-hybridized carbons (Fsp3) is 0.364. The van der Waals surface area contributed by atoms with Gasteiger partial charge < -0.3 is 15.0 Å². The largest absolute Gasteiger partial charge is 0.479 e. The van der Waals surface area contributed by atoms with Gasteiger partial charge in [-0.1, -0.05) is 36.8 Å². The van der Waals surface area contributed by atoms with Gasteiger partial charge in [0, 0.05) is 24.7 Å². The molecule has 0 bridgehead atoms. The van der Waals surface area contributed by atoms with Crippen LogP contribution in [0.1, 0.15) is 37.8 Å². The first kappa shape index (κ1) is 19.0. The Morgan fingerprint density at radius 1 is 1.19 bits per heavy atom. The van der Waals surface area contributed by atoms with Gasteiger partial charge in [0.25, 0.3) is 5.91 Å². The molecule has 2 aromatic carbocycles. The zero-order valence-electron chi connectivity index (χ0n) is 16.1. The summed E-state index contributed by atoms with van der Waals surface area (Å²) >= 11 is 0. The maximum absolute atomic E-state index is 12.3. The van der Waals surface area contributed by atoms with E-state index >= 15 is 0 Å². The fourth-order valence-corrected chi connectivity index (χ4v) is 3.18. The number of nitrogens with one attached hydrogen (secondary N) is 1. The van der Waals surface area contributed by atoms with Gasteiger partial charge >= 0.3 is 0 Å². The summed E-state index contributed by atoms with van der Waals surface area (Å²) in [5.41, 5.74) is 3.80. The van der Waals surface area contributed by atoms with E-state index < -0.39 is 6.10 Å². The normalized spacial score (nSPS) is 15.9. The summed E-state index contributed by atoms with van der Waals surface area (Å²) in [7, 11) is 0. The molecule has 142 valence electrons. The minimum Gasteiger partial charge on any atom is -0.479 e. The van der Waals surface area contributed by atoms with Crippen molar-refractivity contribution < 1.29 is 14.3 Å². The van der Waals surface area contributed by atoms with Crippen LogP contribution in [0.5, 0.6) is 5.75 Å². The number of hydrogen-bond acceptors (Lipinski definition) is 3. The third kappa shape index (κ3) is 4.48. The fourth-order valence-electron chi connectivity index (χ4n) is 3.18. The summed E-state index contributed by atoms with van der Waals surface area (Å²) in [6.07, 6.45) is 1.47. The minimum atomic E-state index is -0.517. The molecule has 0 aliphatic carbocycles. The maximum Gasteiger partial charge on any atom is 0.267 e. The van der Waals surface area contributed by atoms with E-state index in [2.05, 4.69) is 29.6 Å². The molecule has 2 amide bonds. The van der Waals surface area contributed by atoms with Gasteiger partial charge in [0.2, 0.25) is 5.91 Å². The van der Waals surface area contributed by atoms with Crippen LogP contribution in [0.15, 0.2) is 42.5 Å². The summed E-state index contributed by atoms with van der Waals surface area (Å²) < 4.78 is 5.74. The summed E-state index contributed by atoms with van der Waals surface area (Å²) in [4.78, 5) is 26.4. The smallest absolute Gasteiger partial charge is 0.267 e. The van der Waals surface area contributed by atoms with Crippen molar-refractivity contribution in [2.45, 2.75) is 46.1 Å². The summed E-state index contributed by atoms with van der Waals surface area (Å²) in [5, 5.41) is 2.92. The van der Waals surface area contributed by atoms with E-state index in [4.69, 9.17) is 4.74 Å². The van der Waals surface area contributed by atoms with Crippen molar-refractivity contribution >= 4 is 23.2 Å². The Morgan fingerprint density at radius 3 is 2.63 bits per heavy atom. The lowest BCUT2D eigenvalue weighted by molar-refractivity contribution is -0.125. The van der Waals surface area contributed by atoms with Crippen LogP contribution in [-0.2, 0) is 16.0 Å². The number of anilines is 2. The highest BCUT2D eigenvalue weighted by molar-refractivity contribution is 6.00. The average molecular weight is 366 g/mol. The van der Waals surface area contributed by atoms with Gasteiger partial charge in [0.05, 0.1) is 5.69 Å². The van der Waals surface area contributed by atoms with Crippen molar-refractivity contribution in [3.05, 3.63) is 53.6 Å². The van der Waals surface area contributed by atoms with Crippen molar-refractivity contribution in [3.8, 4) is 5.75 Å². The third-order valence-electron chi connectivity index (χ3n) is 4.66. The SMILES string of the molecule is CCCN1C(=O)C(C)Oc2cc(NC(=O)CCc3ccc(C)cc3)ccc21. The Bertz CT molecular complexity index is 830. The van der Waals surface area contributed by atoms with Crippen LogP contribution in [0, 0.1) is 6.92 Å². The molecule has 0 spiro atoms. The molecule has 2 aromatic rings. The lowest BCUT2D eigenvalue weighted by Gasteiger charge is -2.33. The standard InChI is InChI=1S/C22H26N2O3/c1-4-13-24-19-11-10-18(14-20(19)27-16(3)22(24)26)23-21(25)12-9-17-7-5-15(2)6-8-17/h5-8,10-11,14,16H,4,9,12-13H2,1-3H3,(H,23,25). The first-order chi connectivity index (χ1) is 13.0. The molecule has 5 nitrogen and oxygen atoms in total. The predicted octanol–water partition coefficient (Wildman–Crippen LogP) is 4.09. The molecule has 1 aliphatic heterocycles. The molecule has 1 atom stereocenters. The van der Waals surface area contributed by atoms with E-state index in [9.17, 15) is 9.59 Å². The lowest BCUT2D eigenvalue weighted by Crippen LogP contribution is -2.44. The molecule has 3 rings (SSSR count). The highest BCUT2D eigenvalue weighted by Crippen LogP contribution is 2.36. The van der Waals surface area contributed by atoms with Gasteiger partial charge in [0.1, 0.15) is 5.75 Å². The molecule has 1 unspecified atom stereocenters. The summed E-state index contributed by atoms with van der Waals surface area (Å²) in [5.74, 6) is 0.562. The van der Waals surface area contributed by atoms with Gasteiger partial charge in [-0.05, 0) is 44.4 Å². The van der Waals surface area contributed by atoms with E-state index in [1.807, 2.05) is 26.0 Å². The van der Waals surface area contributed by atoms with Gasteiger partial charge in [-0.2, -0.15) is 0 Å². The number of aryl methyl sites for hydroxylation is 2. The van der Waals surface area contributed by atoms with Crippen molar-refractivity contribution in [3.63, 3.8) is 0 Å². The number of fused-ring (bicyclic) bond motifs is 1. The molecule has 1 N–H and O–H groups in total. The Balaban J connectivity index is 1.66. The second-order valence-electron chi connectivity index (χ2n) is 6.97. The number of hydrogen-bond donors (Lipinski definition) is 1. The summed E-state index contributed by atoms with van der Waals surface area (Å²) in [6, 6.07) is 13.7. The summed E-state index contributed by atoms with van der Waals surface area (Å²) in [6.45, 7) is 6.49. The van der Waals surface area contributed by atoms with Crippen molar-refractivity contribution in [2.24, 2.45) is 0 Å². The molecule has 0 radical (unpaired) electrons. The number of nitrogens with zero attached hydrogens (tertiary/aromatic N) is 1.